The molecular weight excluding hydrogens is 342 g/mol. The number of benzene rings is 1. The zero-order chi connectivity index (χ0) is 19.2. The average molecular weight is 369 g/mol. The van der Waals surface area contributed by atoms with E-state index in [1.54, 1.807) is 10.9 Å². The van der Waals surface area contributed by atoms with Crippen molar-refractivity contribution < 1.29 is 9.59 Å². The van der Waals surface area contributed by atoms with Gasteiger partial charge in [-0.25, -0.2) is 9.48 Å². The van der Waals surface area contributed by atoms with Gasteiger partial charge in [0.2, 0.25) is 5.91 Å². The molecule has 0 unspecified atom stereocenters. The maximum absolute atomic E-state index is 12.2. The Kier molecular flexibility index (Phi) is 6.11. The maximum atomic E-state index is 12.2. The Balaban J connectivity index is 1.44. The predicted octanol–water partition coefficient (Wildman–Crippen LogP) is 2.32. The Morgan fingerprint density at radius 3 is 2.67 bits per heavy atom. The maximum Gasteiger partial charge on any atom is 0.315 e. The minimum Gasteiger partial charge on any atom is -0.342 e. The van der Waals surface area contributed by atoms with Gasteiger partial charge in [0.05, 0.1) is 5.69 Å². The van der Waals surface area contributed by atoms with Crippen LogP contribution in [0.2, 0.25) is 0 Å². The van der Waals surface area contributed by atoms with Gasteiger partial charge < -0.3 is 15.5 Å². The molecule has 2 aromatic rings. The van der Waals surface area contributed by atoms with Crippen LogP contribution in [0.4, 0.5) is 4.79 Å². The van der Waals surface area contributed by atoms with Crippen LogP contribution >= 0.6 is 0 Å². The van der Waals surface area contributed by atoms with E-state index in [1.165, 1.54) is 0 Å². The first kappa shape index (κ1) is 18.9. The van der Waals surface area contributed by atoms with Gasteiger partial charge in [-0.1, -0.05) is 26.0 Å². The number of hydrogen-bond donors (Lipinski definition) is 2. The Labute approximate surface area is 159 Å². The van der Waals surface area contributed by atoms with Crippen LogP contribution in [0.25, 0.3) is 5.69 Å². The van der Waals surface area contributed by atoms with E-state index >= 15 is 0 Å². The van der Waals surface area contributed by atoms with Crippen LogP contribution in [0.5, 0.6) is 0 Å². The second-order valence-corrected chi connectivity index (χ2v) is 7.20. The number of carbonyl (C=O) groups is 2. The van der Waals surface area contributed by atoms with Gasteiger partial charge in [-0.05, 0) is 36.6 Å². The third kappa shape index (κ3) is 5.09. The Morgan fingerprint density at radius 2 is 2.00 bits per heavy atom. The lowest BCUT2D eigenvalue weighted by Gasteiger charge is -2.33. The van der Waals surface area contributed by atoms with Crippen molar-refractivity contribution in [3.8, 4) is 5.69 Å². The molecule has 1 aliphatic heterocycles. The minimum absolute atomic E-state index is 0.0234. The summed E-state index contributed by atoms with van der Waals surface area (Å²) < 4.78 is 1.79. The summed E-state index contributed by atoms with van der Waals surface area (Å²) in [4.78, 5) is 26.1. The van der Waals surface area contributed by atoms with Crippen molar-refractivity contribution in [2.45, 2.75) is 39.3 Å². The number of likely N-dealkylation sites (tertiary alicyclic amines) is 1. The molecule has 3 rings (SSSR count). The number of carbonyl (C=O) groups excluding carboxylic acids is 2. The van der Waals surface area contributed by atoms with Gasteiger partial charge >= 0.3 is 6.03 Å². The van der Waals surface area contributed by atoms with Gasteiger partial charge in [0, 0.05) is 44.0 Å². The number of hydrogen-bond acceptors (Lipinski definition) is 3. The fraction of sp³-hybridized carbons (Fsp3) is 0.450. The second kappa shape index (κ2) is 8.70. The van der Waals surface area contributed by atoms with Gasteiger partial charge in [0.25, 0.3) is 0 Å². The summed E-state index contributed by atoms with van der Waals surface area (Å²) in [6, 6.07) is 9.71. The van der Waals surface area contributed by atoms with Crippen LogP contribution in [0.1, 0.15) is 32.3 Å². The quantitative estimate of drug-likeness (QED) is 0.849. The predicted molar refractivity (Wildman–Crippen MR) is 103 cm³/mol. The van der Waals surface area contributed by atoms with E-state index in [1.807, 2.05) is 55.3 Å². The molecule has 2 N–H and O–H groups in total. The third-order valence-corrected chi connectivity index (χ3v) is 4.77. The lowest BCUT2D eigenvalue weighted by atomic mass is 10.0. The monoisotopic (exact) mass is 369 g/mol. The van der Waals surface area contributed by atoms with E-state index in [0.29, 0.717) is 19.6 Å². The molecule has 2 heterocycles. The number of aromatic nitrogens is 2. The zero-order valence-corrected chi connectivity index (χ0v) is 15.9. The van der Waals surface area contributed by atoms with Crippen molar-refractivity contribution in [2.75, 3.05) is 13.1 Å². The summed E-state index contributed by atoms with van der Waals surface area (Å²) in [5, 5.41) is 10.1. The molecule has 0 bridgehead atoms. The highest BCUT2D eigenvalue weighted by Gasteiger charge is 2.24. The molecule has 1 fully saturated rings. The Hall–Kier alpha value is -2.83. The fourth-order valence-electron chi connectivity index (χ4n) is 3.26. The Bertz CT molecular complexity index is 764. The molecule has 27 heavy (non-hydrogen) atoms. The lowest BCUT2D eigenvalue weighted by Crippen LogP contribution is -2.49. The summed E-state index contributed by atoms with van der Waals surface area (Å²) in [5.41, 5.74) is 1.97. The molecule has 1 aromatic heterocycles. The van der Waals surface area contributed by atoms with E-state index in [4.69, 9.17) is 0 Å². The van der Waals surface area contributed by atoms with Crippen molar-refractivity contribution in [2.24, 2.45) is 5.92 Å². The van der Waals surface area contributed by atoms with Gasteiger partial charge in [-0.2, -0.15) is 5.10 Å². The summed E-state index contributed by atoms with van der Waals surface area (Å²) in [6.45, 7) is 5.69. The number of rotatable bonds is 5. The number of piperidine rings is 1. The highest BCUT2D eigenvalue weighted by Crippen LogP contribution is 2.13. The molecular formula is C20H27N5O2. The fourth-order valence-corrected chi connectivity index (χ4v) is 3.26. The highest BCUT2D eigenvalue weighted by atomic mass is 16.2. The van der Waals surface area contributed by atoms with E-state index in [9.17, 15) is 9.59 Å². The van der Waals surface area contributed by atoms with Gasteiger partial charge in [0.15, 0.2) is 0 Å². The van der Waals surface area contributed by atoms with Crippen LogP contribution in [0.3, 0.4) is 0 Å². The normalized spacial score (nSPS) is 15.0. The molecule has 1 saturated heterocycles. The number of nitrogens with zero attached hydrogens (tertiary/aromatic N) is 3. The smallest absolute Gasteiger partial charge is 0.315 e. The second-order valence-electron chi connectivity index (χ2n) is 7.20. The molecule has 0 spiro atoms. The van der Waals surface area contributed by atoms with Crippen molar-refractivity contribution in [3.63, 3.8) is 0 Å². The SMILES string of the molecule is CC(C)C(=O)N1CCC(NC(=O)NCc2cccc(-n3cccn3)c2)CC1. The van der Waals surface area contributed by atoms with Crippen molar-refractivity contribution in [3.05, 3.63) is 48.3 Å². The van der Waals surface area contributed by atoms with Crippen LogP contribution < -0.4 is 10.6 Å². The van der Waals surface area contributed by atoms with Crippen LogP contribution in [-0.4, -0.2) is 45.8 Å². The van der Waals surface area contributed by atoms with Crippen LogP contribution in [0.15, 0.2) is 42.7 Å². The topological polar surface area (TPSA) is 79.3 Å². The number of amides is 3. The van der Waals surface area contributed by atoms with E-state index in [-0.39, 0.29) is 23.9 Å². The molecule has 1 aliphatic rings. The summed E-state index contributed by atoms with van der Waals surface area (Å²) >= 11 is 0. The van der Waals surface area contributed by atoms with Gasteiger partial charge in [-0.15, -0.1) is 0 Å². The highest BCUT2D eigenvalue weighted by molar-refractivity contribution is 5.78. The average Bonchev–Trinajstić information content (AvgIpc) is 3.21. The first-order chi connectivity index (χ1) is 13.0. The molecule has 0 atom stereocenters. The first-order valence-electron chi connectivity index (χ1n) is 9.45. The van der Waals surface area contributed by atoms with E-state index in [2.05, 4.69) is 15.7 Å². The first-order valence-corrected chi connectivity index (χ1v) is 9.45. The van der Waals surface area contributed by atoms with E-state index < -0.39 is 0 Å². The van der Waals surface area contributed by atoms with Crippen molar-refractivity contribution in [1.82, 2.24) is 25.3 Å². The summed E-state index contributed by atoms with van der Waals surface area (Å²) in [6.07, 6.45) is 5.20. The van der Waals surface area contributed by atoms with E-state index in [0.717, 1.165) is 24.1 Å². The Morgan fingerprint density at radius 1 is 1.22 bits per heavy atom. The van der Waals surface area contributed by atoms with Crippen LogP contribution in [0, 0.1) is 5.92 Å². The zero-order valence-electron chi connectivity index (χ0n) is 15.9. The number of urea groups is 1. The third-order valence-electron chi connectivity index (χ3n) is 4.77. The van der Waals surface area contributed by atoms with Crippen molar-refractivity contribution in [1.29, 1.82) is 0 Å². The molecule has 0 radical (unpaired) electrons. The standard InChI is InChI=1S/C20H27N5O2/c1-15(2)19(26)24-11-7-17(8-12-24)23-20(27)21-14-16-5-3-6-18(13-16)25-10-4-9-22-25/h3-6,9-10,13,15,17H,7-8,11-12,14H2,1-2H3,(H2,21,23,27). The summed E-state index contributed by atoms with van der Waals surface area (Å²) in [5.74, 6) is 0.213. The molecule has 0 aliphatic carbocycles. The molecule has 7 heteroatoms. The van der Waals surface area contributed by atoms with Crippen molar-refractivity contribution >= 4 is 11.9 Å². The van der Waals surface area contributed by atoms with Gasteiger partial charge in [-0.3, -0.25) is 4.79 Å². The molecule has 3 amide bonds. The van der Waals surface area contributed by atoms with Gasteiger partial charge in [0.1, 0.15) is 0 Å². The summed E-state index contributed by atoms with van der Waals surface area (Å²) in [7, 11) is 0. The molecule has 1 aromatic carbocycles. The molecule has 144 valence electrons. The largest absolute Gasteiger partial charge is 0.342 e. The lowest BCUT2D eigenvalue weighted by molar-refractivity contribution is -0.135. The molecule has 7 nitrogen and oxygen atoms in total. The number of nitrogens with one attached hydrogen (secondary N) is 2. The minimum atomic E-state index is -0.173. The molecule has 0 saturated carbocycles. The van der Waals surface area contributed by atoms with Crippen LogP contribution in [-0.2, 0) is 11.3 Å².